The summed E-state index contributed by atoms with van der Waals surface area (Å²) in [5.74, 6) is 0.259. The van der Waals surface area contributed by atoms with Crippen molar-refractivity contribution in [2.24, 2.45) is 5.41 Å². The van der Waals surface area contributed by atoms with Crippen LogP contribution >= 0.6 is 0 Å². The van der Waals surface area contributed by atoms with Crippen LogP contribution in [0.3, 0.4) is 0 Å². The summed E-state index contributed by atoms with van der Waals surface area (Å²) < 4.78 is 0. The smallest absolute Gasteiger partial charge is 0.155 e. The van der Waals surface area contributed by atoms with Gasteiger partial charge in [0.2, 0.25) is 0 Å². The van der Waals surface area contributed by atoms with Crippen LogP contribution in [-0.4, -0.2) is 5.78 Å². The number of hydrogen-bond acceptors (Lipinski definition) is 1. The first-order valence-electron chi connectivity index (χ1n) is 4.77. The summed E-state index contributed by atoms with van der Waals surface area (Å²) in [6, 6.07) is 0. The van der Waals surface area contributed by atoms with Crippen molar-refractivity contribution in [3.63, 3.8) is 0 Å². The summed E-state index contributed by atoms with van der Waals surface area (Å²) in [5.41, 5.74) is 1.43. The maximum Gasteiger partial charge on any atom is 0.155 e. The molecule has 68 valence electrons. The second kappa shape index (κ2) is 3.42. The second-order valence-corrected chi connectivity index (χ2v) is 4.17. The number of hydrogen-bond donors (Lipinski definition) is 0. The Morgan fingerprint density at radius 3 is 2.83 bits per heavy atom. The van der Waals surface area contributed by atoms with Crippen molar-refractivity contribution in [1.29, 1.82) is 0 Å². The summed E-state index contributed by atoms with van der Waals surface area (Å²) in [5, 5.41) is 0. The number of carbonyl (C=O) groups is 1. The molecule has 0 spiro atoms. The first-order valence-corrected chi connectivity index (χ1v) is 4.77. The van der Waals surface area contributed by atoms with Crippen molar-refractivity contribution < 1.29 is 4.79 Å². The van der Waals surface area contributed by atoms with Gasteiger partial charge in [0, 0.05) is 0 Å². The first kappa shape index (κ1) is 9.50. The highest BCUT2D eigenvalue weighted by atomic mass is 16.1. The molecular weight excluding hydrogens is 148 g/mol. The summed E-state index contributed by atoms with van der Waals surface area (Å²) in [6.07, 6.45) is 6.59. The van der Waals surface area contributed by atoms with Crippen molar-refractivity contribution in [1.82, 2.24) is 0 Å². The van der Waals surface area contributed by atoms with E-state index in [2.05, 4.69) is 19.9 Å². The minimum absolute atomic E-state index is 0.259. The van der Waals surface area contributed by atoms with E-state index < -0.39 is 0 Å². The molecule has 0 saturated heterocycles. The normalized spacial score (nSPS) is 29.8. The fourth-order valence-corrected chi connectivity index (χ4v) is 1.79. The predicted octanol–water partition coefficient (Wildman–Crippen LogP) is 3.10. The molecular formula is C11H18O. The lowest BCUT2D eigenvalue weighted by Crippen LogP contribution is -2.21. The monoisotopic (exact) mass is 166 g/mol. The zero-order valence-electron chi connectivity index (χ0n) is 8.31. The Morgan fingerprint density at radius 1 is 1.67 bits per heavy atom. The Balaban J connectivity index is 2.71. The van der Waals surface area contributed by atoms with E-state index >= 15 is 0 Å². The molecule has 0 bridgehead atoms. The van der Waals surface area contributed by atoms with Gasteiger partial charge in [0.1, 0.15) is 0 Å². The van der Waals surface area contributed by atoms with Gasteiger partial charge in [-0.15, -0.1) is 0 Å². The zero-order valence-corrected chi connectivity index (χ0v) is 8.31. The lowest BCUT2D eigenvalue weighted by Gasteiger charge is -2.31. The molecule has 0 saturated carbocycles. The van der Waals surface area contributed by atoms with Gasteiger partial charge in [-0.3, -0.25) is 4.79 Å². The Morgan fingerprint density at radius 2 is 2.33 bits per heavy atom. The van der Waals surface area contributed by atoms with E-state index in [1.807, 2.05) is 0 Å². The molecule has 1 unspecified atom stereocenters. The summed E-state index contributed by atoms with van der Waals surface area (Å²) >= 11 is 0. The lowest BCUT2D eigenvalue weighted by molar-refractivity contribution is -0.114. The Bertz CT molecular complexity index is 215. The molecule has 0 fully saturated rings. The standard InChI is InChI=1S/C11H18O/c1-4-11(3)7-5-6-10(8-11)9(2)12/h6H,4-5,7-8H2,1-3H3. The Kier molecular flexibility index (Phi) is 2.71. The van der Waals surface area contributed by atoms with Crippen molar-refractivity contribution >= 4 is 5.78 Å². The van der Waals surface area contributed by atoms with E-state index in [1.165, 1.54) is 12.8 Å². The molecule has 0 radical (unpaired) electrons. The fraction of sp³-hybridized carbons (Fsp3) is 0.727. The maximum absolute atomic E-state index is 11.1. The van der Waals surface area contributed by atoms with Gasteiger partial charge in [-0.2, -0.15) is 0 Å². The molecule has 1 rings (SSSR count). The zero-order chi connectivity index (χ0) is 9.19. The average Bonchev–Trinajstić information content (AvgIpc) is 2.05. The SMILES string of the molecule is CCC1(C)CCC=C(C(C)=O)C1. The van der Waals surface area contributed by atoms with Gasteiger partial charge >= 0.3 is 0 Å². The number of allylic oxidation sites excluding steroid dienone is 2. The molecule has 0 amide bonds. The molecule has 0 aromatic carbocycles. The predicted molar refractivity (Wildman–Crippen MR) is 51.0 cm³/mol. The number of carbonyl (C=O) groups excluding carboxylic acids is 1. The minimum atomic E-state index is 0.259. The topological polar surface area (TPSA) is 17.1 Å². The van der Waals surface area contributed by atoms with Crippen LogP contribution in [0.15, 0.2) is 11.6 Å². The van der Waals surface area contributed by atoms with Crippen molar-refractivity contribution in [2.75, 3.05) is 0 Å². The van der Waals surface area contributed by atoms with Gasteiger partial charge in [0.05, 0.1) is 0 Å². The third-order valence-corrected chi connectivity index (χ3v) is 3.06. The van der Waals surface area contributed by atoms with Crippen molar-refractivity contribution in [3.8, 4) is 0 Å². The number of Topliss-reactive ketones (excluding diaryl/α,β-unsaturated/α-hetero) is 1. The summed E-state index contributed by atoms with van der Waals surface area (Å²) in [7, 11) is 0. The fourth-order valence-electron chi connectivity index (χ4n) is 1.79. The van der Waals surface area contributed by atoms with Crippen molar-refractivity contribution in [2.45, 2.75) is 46.5 Å². The van der Waals surface area contributed by atoms with Crippen LogP contribution in [0, 0.1) is 5.41 Å². The van der Waals surface area contributed by atoms with E-state index in [0.717, 1.165) is 18.4 Å². The number of ketones is 1. The van der Waals surface area contributed by atoms with Gasteiger partial charge in [0.25, 0.3) is 0 Å². The molecule has 1 nitrogen and oxygen atoms in total. The van der Waals surface area contributed by atoms with E-state index in [1.54, 1.807) is 6.92 Å². The van der Waals surface area contributed by atoms with Crippen LogP contribution in [0.25, 0.3) is 0 Å². The Labute approximate surface area is 74.9 Å². The molecule has 12 heavy (non-hydrogen) atoms. The van der Waals surface area contributed by atoms with Gasteiger partial charge in [-0.05, 0) is 37.2 Å². The minimum Gasteiger partial charge on any atom is -0.295 e. The number of rotatable bonds is 2. The quantitative estimate of drug-likeness (QED) is 0.616. The van der Waals surface area contributed by atoms with E-state index in [4.69, 9.17) is 0 Å². The third-order valence-electron chi connectivity index (χ3n) is 3.06. The van der Waals surface area contributed by atoms with Gasteiger partial charge in [-0.1, -0.05) is 26.3 Å². The summed E-state index contributed by atoms with van der Waals surface area (Å²) in [6.45, 7) is 6.17. The van der Waals surface area contributed by atoms with Crippen LogP contribution in [0.5, 0.6) is 0 Å². The molecule has 1 atom stereocenters. The van der Waals surface area contributed by atoms with Crippen LogP contribution in [0.2, 0.25) is 0 Å². The molecule has 0 aromatic rings. The van der Waals surface area contributed by atoms with Crippen molar-refractivity contribution in [3.05, 3.63) is 11.6 Å². The molecule has 0 aliphatic heterocycles. The van der Waals surface area contributed by atoms with Crippen LogP contribution in [-0.2, 0) is 4.79 Å². The molecule has 1 aliphatic carbocycles. The lowest BCUT2D eigenvalue weighted by atomic mass is 9.73. The van der Waals surface area contributed by atoms with Gasteiger partial charge in [0.15, 0.2) is 5.78 Å². The Hall–Kier alpha value is -0.590. The largest absolute Gasteiger partial charge is 0.295 e. The average molecular weight is 166 g/mol. The second-order valence-electron chi connectivity index (χ2n) is 4.17. The van der Waals surface area contributed by atoms with E-state index in [9.17, 15) is 4.79 Å². The van der Waals surface area contributed by atoms with Crippen LogP contribution < -0.4 is 0 Å². The third kappa shape index (κ3) is 1.96. The highest BCUT2D eigenvalue weighted by Crippen LogP contribution is 2.38. The van der Waals surface area contributed by atoms with E-state index in [0.29, 0.717) is 5.41 Å². The van der Waals surface area contributed by atoms with Gasteiger partial charge in [-0.25, -0.2) is 0 Å². The molecule has 0 heterocycles. The molecule has 1 aliphatic rings. The first-order chi connectivity index (χ1) is 5.57. The molecule has 0 aromatic heterocycles. The molecule has 1 heteroatoms. The van der Waals surface area contributed by atoms with Crippen LogP contribution in [0.4, 0.5) is 0 Å². The molecule has 0 N–H and O–H groups in total. The maximum atomic E-state index is 11.1. The van der Waals surface area contributed by atoms with E-state index in [-0.39, 0.29) is 5.78 Å². The highest BCUT2D eigenvalue weighted by molar-refractivity contribution is 5.93. The van der Waals surface area contributed by atoms with Crippen LogP contribution in [0.1, 0.15) is 46.5 Å². The highest BCUT2D eigenvalue weighted by Gasteiger charge is 2.27. The summed E-state index contributed by atoms with van der Waals surface area (Å²) in [4.78, 5) is 11.1. The van der Waals surface area contributed by atoms with Gasteiger partial charge < -0.3 is 0 Å².